The van der Waals surface area contributed by atoms with Crippen LogP contribution < -0.4 is 11.1 Å². The minimum Gasteiger partial charge on any atom is -0.376 e. The first kappa shape index (κ1) is 8.10. The molecule has 0 aromatic carbocycles. The highest BCUT2D eigenvalue weighted by atomic mass is 32.1. The fraction of sp³-hybridized carbons (Fsp3) is 0.200. The van der Waals surface area contributed by atoms with Crippen LogP contribution in [-0.2, 0) is 4.79 Å². The van der Waals surface area contributed by atoms with Gasteiger partial charge in [-0.15, -0.1) is 0 Å². The van der Waals surface area contributed by atoms with Crippen molar-refractivity contribution in [1.29, 1.82) is 0 Å². The van der Waals surface area contributed by atoms with Crippen LogP contribution in [0.5, 0.6) is 0 Å². The molecule has 50 valence electrons. The Morgan fingerprint density at radius 2 is 2.22 bits per heavy atom. The van der Waals surface area contributed by atoms with Gasteiger partial charge in [-0.2, -0.15) is 0 Å². The Bertz CT molecular complexity index is 164. The molecule has 0 aromatic heterocycles. The van der Waals surface area contributed by atoms with Crippen LogP contribution in [0.3, 0.4) is 0 Å². The second-order valence-electron chi connectivity index (χ2n) is 1.60. The van der Waals surface area contributed by atoms with Crippen molar-refractivity contribution in [1.82, 2.24) is 5.32 Å². The molecule has 0 rings (SSSR count). The molecule has 0 atom stereocenters. The zero-order chi connectivity index (χ0) is 7.44. The third-order valence-corrected chi connectivity index (χ3v) is 0.726. The summed E-state index contributed by atoms with van der Waals surface area (Å²) < 4.78 is 0. The average Bonchev–Trinajstić information content (AvgIpc) is 1.63. The van der Waals surface area contributed by atoms with Crippen molar-refractivity contribution in [2.24, 2.45) is 5.73 Å². The van der Waals surface area contributed by atoms with E-state index in [1.807, 2.05) is 0 Å². The van der Waals surface area contributed by atoms with Crippen molar-refractivity contribution in [2.45, 2.75) is 6.92 Å². The smallest absolute Gasteiger partial charge is 0.252 e. The van der Waals surface area contributed by atoms with E-state index in [-0.39, 0.29) is 11.0 Å². The van der Waals surface area contributed by atoms with E-state index < -0.39 is 0 Å². The van der Waals surface area contributed by atoms with Gasteiger partial charge in [-0.3, -0.25) is 10.1 Å². The van der Waals surface area contributed by atoms with Gasteiger partial charge in [0.05, 0.1) is 0 Å². The standard InChI is InChI=1S/C5H8N2OS/c1-3(2)4(8)7-5(6)9/h1H2,2H3,(H3,6,7,8,9). The Morgan fingerprint density at radius 1 is 1.78 bits per heavy atom. The number of thiocarbonyl (C=S) groups is 1. The SMILES string of the molecule is C=C(C)C(=O)NC(N)=S. The van der Waals surface area contributed by atoms with E-state index in [0.717, 1.165) is 0 Å². The number of hydrogen-bond donors (Lipinski definition) is 2. The van der Waals surface area contributed by atoms with Crippen molar-refractivity contribution in [3.63, 3.8) is 0 Å². The molecule has 4 heteroatoms. The molecule has 0 aliphatic rings. The summed E-state index contributed by atoms with van der Waals surface area (Å²) in [5, 5.41) is 2.19. The predicted molar refractivity (Wildman–Crippen MR) is 39.7 cm³/mol. The van der Waals surface area contributed by atoms with Crippen molar-refractivity contribution in [2.75, 3.05) is 0 Å². The molecule has 0 fully saturated rings. The molecule has 0 saturated carbocycles. The molecule has 0 saturated heterocycles. The van der Waals surface area contributed by atoms with Crippen LogP contribution in [0.1, 0.15) is 6.92 Å². The van der Waals surface area contributed by atoms with Crippen LogP contribution in [0, 0.1) is 0 Å². The summed E-state index contributed by atoms with van der Waals surface area (Å²) in [5.74, 6) is -0.331. The molecule has 0 aliphatic heterocycles. The molecule has 1 amide bonds. The Kier molecular flexibility index (Phi) is 2.87. The van der Waals surface area contributed by atoms with Crippen LogP contribution in [0.4, 0.5) is 0 Å². The van der Waals surface area contributed by atoms with Gasteiger partial charge in [0.25, 0.3) is 5.91 Å². The van der Waals surface area contributed by atoms with Gasteiger partial charge in [0.15, 0.2) is 5.11 Å². The van der Waals surface area contributed by atoms with Gasteiger partial charge in [0, 0.05) is 5.57 Å². The van der Waals surface area contributed by atoms with Gasteiger partial charge < -0.3 is 5.73 Å². The van der Waals surface area contributed by atoms with Gasteiger partial charge in [0.1, 0.15) is 0 Å². The van der Waals surface area contributed by atoms with E-state index in [2.05, 4.69) is 24.1 Å². The number of amides is 1. The molecule has 0 spiro atoms. The van der Waals surface area contributed by atoms with Crippen LogP contribution >= 0.6 is 12.2 Å². The van der Waals surface area contributed by atoms with Gasteiger partial charge >= 0.3 is 0 Å². The van der Waals surface area contributed by atoms with Gasteiger partial charge in [0.2, 0.25) is 0 Å². The monoisotopic (exact) mass is 144 g/mol. The van der Waals surface area contributed by atoms with Gasteiger partial charge in [-0.05, 0) is 19.1 Å². The largest absolute Gasteiger partial charge is 0.376 e. The van der Waals surface area contributed by atoms with Crippen molar-refractivity contribution in [3.05, 3.63) is 12.2 Å². The van der Waals surface area contributed by atoms with Gasteiger partial charge in [-0.25, -0.2) is 0 Å². The number of rotatable bonds is 1. The summed E-state index contributed by atoms with van der Waals surface area (Å²) in [4.78, 5) is 10.6. The minimum atomic E-state index is -0.331. The minimum absolute atomic E-state index is 0.0250. The lowest BCUT2D eigenvalue weighted by Gasteiger charge is -1.98. The Balaban J connectivity index is 3.79. The lowest BCUT2D eigenvalue weighted by atomic mass is 10.3. The summed E-state index contributed by atoms with van der Waals surface area (Å²) in [5.41, 5.74) is 5.38. The Morgan fingerprint density at radius 3 is 2.33 bits per heavy atom. The molecule has 0 aromatic rings. The highest BCUT2D eigenvalue weighted by molar-refractivity contribution is 7.80. The lowest BCUT2D eigenvalue weighted by Crippen LogP contribution is -2.34. The molecule has 0 aliphatic carbocycles. The summed E-state index contributed by atoms with van der Waals surface area (Å²) in [6.45, 7) is 4.96. The van der Waals surface area contributed by atoms with E-state index in [1.54, 1.807) is 6.92 Å². The number of nitrogens with two attached hydrogens (primary N) is 1. The molecule has 0 heterocycles. The van der Waals surface area contributed by atoms with Crippen molar-refractivity contribution >= 4 is 23.2 Å². The van der Waals surface area contributed by atoms with Crippen molar-refractivity contribution < 1.29 is 4.79 Å². The lowest BCUT2D eigenvalue weighted by molar-refractivity contribution is -0.116. The molecule has 9 heavy (non-hydrogen) atoms. The first-order valence-electron chi connectivity index (χ1n) is 2.30. The van der Waals surface area contributed by atoms with E-state index in [4.69, 9.17) is 5.73 Å². The molecule has 0 bridgehead atoms. The zero-order valence-electron chi connectivity index (χ0n) is 5.10. The molecule has 3 N–H and O–H groups in total. The summed E-state index contributed by atoms with van der Waals surface area (Å²) in [6, 6.07) is 0. The van der Waals surface area contributed by atoms with Crippen LogP contribution in [0.15, 0.2) is 12.2 Å². The summed E-state index contributed by atoms with van der Waals surface area (Å²) >= 11 is 4.40. The van der Waals surface area contributed by atoms with Crippen LogP contribution in [0.25, 0.3) is 0 Å². The van der Waals surface area contributed by atoms with E-state index in [1.165, 1.54) is 0 Å². The average molecular weight is 144 g/mol. The number of carbonyl (C=O) groups is 1. The Hall–Kier alpha value is -0.900. The second kappa shape index (κ2) is 3.19. The molecule has 0 unspecified atom stereocenters. The zero-order valence-corrected chi connectivity index (χ0v) is 5.92. The maximum absolute atomic E-state index is 10.6. The topological polar surface area (TPSA) is 55.1 Å². The van der Waals surface area contributed by atoms with Crippen molar-refractivity contribution in [3.8, 4) is 0 Å². The highest BCUT2D eigenvalue weighted by Gasteiger charge is 1.99. The summed E-state index contributed by atoms with van der Waals surface area (Å²) in [7, 11) is 0. The molecular formula is C5H8N2OS. The number of nitrogens with one attached hydrogen (secondary N) is 1. The molecule has 3 nitrogen and oxygen atoms in total. The Labute approximate surface area is 58.9 Å². The van der Waals surface area contributed by atoms with E-state index in [9.17, 15) is 4.79 Å². The first-order valence-corrected chi connectivity index (χ1v) is 2.71. The van der Waals surface area contributed by atoms with E-state index in [0.29, 0.717) is 5.57 Å². The fourth-order valence-electron chi connectivity index (χ4n) is 0.219. The quantitative estimate of drug-likeness (QED) is 0.400. The maximum Gasteiger partial charge on any atom is 0.252 e. The number of hydrogen-bond acceptors (Lipinski definition) is 2. The fourth-order valence-corrected chi connectivity index (χ4v) is 0.311. The predicted octanol–water partition coefficient (Wildman–Crippen LogP) is -0.0777. The third-order valence-electron chi connectivity index (χ3n) is 0.624. The maximum atomic E-state index is 10.6. The second-order valence-corrected chi connectivity index (χ2v) is 2.04. The van der Waals surface area contributed by atoms with E-state index >= 15 is 0 Å². The van der Waals surface area contributed by atoms with Gasteiger partial charge in [-0.1, -0.05) is 6.58 Å². The number of carbonyl (C=O) groups excluding carboxylic acids is 1. The normalized spacial score (nSPS) is 8.11. The highest BCUT2D eigenvalue weighted by Crippen LogP contribution is 1.83. The molecular weight excluding hydrogens is 136 g/mol. The third kappa shape index (κ3) is 3.66. The molecule has 0 radical (unpaired) electrons. The summed E-state index contributed by atoms with van der Waals surface area (Å²) in [6.07, 6.45) is 0. The van der Waals surface area contributed by atoms with Crippen LogP contribution in [-0.4, -0.2) is 11.0 Å². The first-order chi connectivity index (χ1) is 4.04. The van der Waals surface area contributed by atoms with Crippen LogP contribution in [0.2, 0.25) is 0 Å².